The molecule has 0 unspecified atom stereocenters. The number of piperidine rings is 1. The second-order valence-electron chi connectivity index (χ2n) is 4.82. The zero-order valence-corrected chi connectivity index (χ0v) is 10.8. The number of primary amides is 1. The molecule has 0 spiro atoms. The Bertz CT molecular complexity index is 414. The van der Waals surface area contributed by atoms with Crippen molar-refractivity contribution < 1.29 is 13.9 Å². The van der Waals surface area contributed by atoms with E-state index in [-0.39, 0.29) is 17.6 Å². The molecule has 0 atom stereocenters. The second kappa shape index (κ2) is 6.52. The minimum atomic E-state index is -0.263. The van der Waals surface area contributed by atoms with Crippen LogP contribution in [0.5, 0.6) is 5.75 Å². The molecule has 104 valence electrons. The molecular weight excluding hydrogens is 247 g/mol. The maximum absolute atomic E-state index is 12.7. The first-order valence-electron chi connectivity index (χ1n) is 6.55. The molecule has 0 bridgehead atoms. The molecule has 4 nitrogen and oxygen atoms in total. The highest BCUT2D eigenvalue weighted by atomic mass is 19.1. The van der Waals surface area contributed by atoms with Crippen molar-refractivity contribution in [1.82, 2.24) is 4.90 Å². The normalized spacial score (nSPS) is 17.3. The lowest BCUT2D eigenvalue weighted by atomic mass is 9.96. The van der Waals surface area contributed by atoms with Gasteiger partial charge in [0, 0.05) is 12.5 Å². The highest BCUT2D eigenvalue weighted by Crippen LogP contribution is 2.16. The van der Waals surface area contributed by atoms with E-state index in [1.807, 2.05) is 0 Å². The predicted molar refractivity (Wildman–Crippen MR) is 70.3 cm³/mol. The molecule has 0 aliphatic carbocycles. The van der Waals surface area contributed by atoms with E-state index >= 15 is 0 Å². The predicted octanol–water partition coefficient (Wildman–Crippen LogP) is 1.40. The van der Waals surface area contributed by atoms with Crippen LogP contribution in [-0.4, -0.2) is 37.0 Å². The van der Waals surface area contributed by atoms with Gasteiger partial charge in [0.25, 0.3) is 0 Å². The largest absolute Gasteiger partial charge is 0.492 e. The minimum Gasteiger partial charge on any atom is -0.492 e. The molecule has 5 heteroatoms. The molecule has 1 saturated heterocycles. The van der Waals surface area contributed by atoms with Crippen LogP contribution in [0.3, 0.4) is 0 Å². The molecule has 19 heavy (non-hydrogen) atoms. The van der Waals surface area contributed by atoms with E-state index in [4.69, 9.17) is 10.5 Å². The first-order chi connectivity index (χ1) is 9.15. The number of carbonyl (C=O) groups excluding carboxylic acids is 1. The van der Waals surface area contributed by atoms with Crippen LogP contribution in [0.15, 0.2) is 24.3 Å². The molecule has 2 N–H and O–H groups in total. The van der Waals surface area contributed by atoms with Gasteiger partial charge in [0.1, 0.15) is 18.2 Å². The van der Waals surface area contributed by atoms with Crippen molar-refractivity contribution in [3.8, 4) is 5.75 Å². The van der Waals surface area contributed by atoms with Crippen molar-refractivity contribution in [2.24, 2.45) is 11.7 Å². The van der Waals surface area contributed by atoms with Crippen molar-refractivity contribution >= 4 is 5.91 Å². The van der Waals surface area contributed by atoms with Crippen LogP contribution in [0.4, 0.5) is 4.39 Å². The Hall–Kier alpha value is -1.62. The molecule has 1 aromatic carbocycles. The monoisotopic (exact) mass is 266 g/mol. The van der Waals surface area contributed by atoms with E-state index < -0.39 is 0 Å². The number of nitrogens with two attached hydrogens (primary N) is 1. The van der Waals surface area contributed by atoms with Gasteiger partial charge in [0.2, 0.25) is 5.91 Å². The number of halogens is 1. The number of nitrogens with zero attached hydrogens (tertiary/aromatic N) is 1. The third kappa shape index (κ3) is 4.21. The van der Waals surface area contributed by atoms with Gasteiger partial charge in [-0.25, -0.2) is 4.39 Å². The second-order valence-corrected chi connectivity index (χ2v) is 4.82. The van der Waals surface area contributed by atoms with Gasteiger partial charge < -0.3 is 10.5 Å². The fourth-order valence-corrected chi connectivity index (χ4v) is 2.26. The van der Waals surface area contributed by atoms with E-state index in [1.165, 1.54) is 12.1 Å². The number of ether oxygens (including phenoxy) is 1. The first-order valence-corrected chi connectivity index (χ1v) is 6.55. The third-order valence-electron chi connectivity index (χ3n) is 3.48. The lowest BCUT2D eigenvalue weighted by molar-refractivity contribution is -0.123. The van der Waals surface area contributed by atoms with E-state index in [1.54, 1.807) is 12.1 Å². The van der Waals surface area contributed by atoms with Gasteiger partial charge >= 0.3 is 0 Å². The van der Waals surface area contributed by atoms with Crippen molar-refractivity contribution in [1.29, 1.82) is 0 Å². The Balaban J connectivity index is 1.67. The summed E-state index contributed by atoms with van der Waals surface area (Å²) >= 11 is 0. The number of hydrogen-bond acceptors (Lipinski definition) is 3. The highest BCUT2D eigenvalue weighted by Gasteiger charge is 2.22. The number of likely N-dealkylation sites (tertiary alicyclic amines) is 1. The molecular formula is C14H19FN2O2. The summed E-state index contributed by atoms with van der Waals surface area (Å²) in [4.78, 5) is 13.3. The van der Waals surface area contributed by atoms with Gasteiger partial charge in [-0.1, -0.05) is 0 Å². The molecule has 1 aliphatic heterocycles. The first kappa shape index (κ1) is 13.8. The van der Waals surface area contributed by atoms with Crippen molar-refractivity contribution in [3.05, 3.63) is 30.1 Å². The van der Waals surface area contributed by atoms with Crippen LogP contribution < -0.4 is 10.5 Å². The standard InChI is InChI=1S/C14H19FN2O2/c15-12-1-3-13(4-2-12)19-10-9-17-7-5-11(6-8-17)14(16)18/h1-4,11H,5-10H2,(H2,16,18). The molecule has 0 saturated carbocycles. The molecule has 2 rings (SSSR count). The Morgan fingerprint density at radius 3 is 2.53 bits per heavy atom. The van der Waals surface area contributed by atoms with Crippen LogP contribution >= 0.6 is 0 Å². The van der Waals surface area contributed by atoms with Gasteiger partial charge in [-0.15, -0.1) is 0 Å². The molecule has 1 fully saturated rings. The number of carbonyl (C=O) groups is 1. The van der Waals surface area contributed by atoms with Crippen molar-refractivity contribution in [2.45, 2.75) is 12.8 Å². The van der Waals surface area contributed by atoms with Crippen LogP contribution in [0.1, 0.15) is 12.8 Å². The van der Waals surface area contributed by atoms with Crippen LogP contribution in [-0.2, 0) is 4.79 Å². The Labute approximate surface area is 112 Å². The fraction of sp³-hybridized carbons (Fsp3) is 0.500. The van der Waals surface area contributed by atoms with Gasteiger partial charge in [-0.05, 0) is 50.2 Å². The van der Waals surface area contributed by atoms with Crippen LogP contribution in [0.2, 0.25) is 0 Å². The number of rotatable bonds is 5. The number of benzene rings is 1. The maximum atomic E-state index is 12.7. The smallest absolute Gasteiger partial charge is 0.220 e. The quantitative estimate of drug-likeness (QED) is 0.876. The highest BCUT2D eigenvalue weighted by molar-refractivity contribution is 5.76. The van der Waals surface area contributed by atoms with Gasteiger partial charge in [-0.3, -0.25) is 9.69 Å². The minimum absolute atomic E-state index is 0.0225. The summed E-state index contributed by atoms with van der Waals surface area (Å²) in [5.74, 6) is 0.241. The maximum Gasteiger partial charge on any atom is 0.220 e. The molecule has 1 aliphatic rings. The SMILES string of the molecule is NC(=O)C1CCN(CCOc2ccc(F)cc2)CC1. The van der Waals surface area contributed by atoms with Gasteiger partial charge in [0.15, 0.2) is 0 Å². The van der Waals surface area contributed by atoms with Crippen LogP contribution in [0, 0.1) is 11.7 Å². The Morgan fingerprint density at radius 2 is 1.95 bits per heavy atom. The molecule has 0 radical (unpaired) electrons. The third-order valence-corrected chi connectivity index (χ3v) is 3.48. The number of amides is 1. The molecule has 0 aromatic heterocycles. The summed E-state index contributed by atoms with van der Waals surface area (Å²) < 4.78 is 18.2. The van der Waals surface area contributed by atoms with Crippen molar-refractivity contribution in [3.63, 3.8) is 0 Å². The van der Waals surface area contributed by atoms with E-state index in [9.17, 15) is 9.18 Å². The lowest BCUT2D eigenvalue weighted by Gasteiger charge is -2.30. The summed E-state index contributed by atoms with van der Waals surface area (Å²) in [7, 11) is 0. The summed E-state index contributed by atoms with van der Waals surface area (Å²) in [6, 6.07) is 6.00. The Morgan fingerprint density at radius 1 is 1.32 bits per heavy atom. The van der Waals surface area contributed by atoms with Crippen LogP contribution in [0.25, 0.3) is 0 Å². The summed E-state index contributed by atoms with van der Waals surface area (Å²) in [5, 5.41) is 0. The average molecular weight is 266 g/mol. The van der Waals surface area contributed by atoms with Crippen molar-refractivity contribution in [2.75, 3.05) is 26.2 Å². The van der Waals surface area contributed by atoms with E-state index in [2.05, 4.69) is 4.90 Å². The van der Waals surface area contributed by atoms with E-state index in [0.29, 0.717) is 12.4 Å². The lowest BCUT2D eigenvalue weighted by Crippen LogP contribution is -2.40. The molecule has 1 amide bonds. The van der Waals surface area contributed by atoms with Gasteiger partial charge in [0.05, 0.1) is 0 Å². The number of hydrogen-bond donors (Lipinski definition) is 1. The molecule has 1 aromatic rings. The van der Waals surface area contributed by atoms with E-state index in [0.717, 1.165) is 32.5 Å². The summed E-state index contributed by atoms with van der Waals surface area (Å²) in [6.45, 7) is 3.12. The topological polar surface area (TPSA) is 55.6 Å². The zero-order chi connectivity index (χ0) is 13.7. The Kier molecular flexibility index (Phi) is 4.74. The zero-order valence-electron chi connectivity index (χ0n) is 10.8. The summed E-state index contributed by atoms with van der Waals surface area (Å²) in [5.41, 5.74) is 5.29. The average Bonchev–Trinajstić information content (AvgIpc) is 2.41. The fourth-order valence-electron chi connectivity index (χ4n) is 2.26. The molecule has 1 heterocycles. The van der Waals surface area contributed by atoms with Gasteiger partial charge in [-0.2, -0.15) is 0 Å². The summed E-state index contributed by atoms with van der Waals surface area (Å²) in [6.07, 6.45) is 1.65.